The molecule has 6 heteroatoms. The first-order valence-electron chi connectivity index (χ1n) is 9.06. The van der Waals surface area contributed by atoms with Crippen molar-refractivity contribution in [2.75, 3.05) is 20.1 Å². The highest BCUT2D eigenvalue weighted by molar-refractivity contribution is 5.89. The first-order valence-corrected chi connectivity index (χ1v) is 9.06. The van der Waals surface area contributed by atoms with Crippen LogP contribution in [-0.2, 0) is 23.1 Å². The number of hydrogen-bond donors (Lipinski definition) is 0. The molecule has 1 aromatic heterocycles. The molecule has 0 aromatic carbocycles. The molecule has 2 aliphatic rings. The molecule has 1 unspecified atom stereocenters. The quantitative estimate of drug-likeness (QED) is 0.795. The summed E-state index contributed by atoms with van der Waals surface area (Å²) < 4.78 is 1.80. The predicted molar refractivity (Wildman–Crippen MR) is 91.2 cm³/mol. The number of amides is 2. The van der Waals surface area contributed by atoms with Crippen molar-refractivity contribution >= 4 is 11.8 Å². The molecule has 1 saturated heterocycles. The van der Waals surface area contributed by atoms with Gasteiger partial charge >= 0.3 is 0 Å². The summed E-state index contributed by atoms with van der Waals surface area (Å²) in [5, 5.41) is 4.16. The number of rotatable bonds is 6. The highest BCUT2D eigenvalue weighted by Crippen LogP contribution is 2.30. The first-order chi connectivity index (χ1) is 11.5. The highest BCUT2D eigenvalue weighted by atomic mass is 16.2. The summed E-state index contributed by atoms with van der Waals surface area (Å²) in [5.74, 6) is 0.139. The molecular formula is C18H28N4O2. The maximum atomic E-state index is 12.6. The molecule has 0 radical (unpaired) electrons. The topological polar surface area (TPSA) is 58.4 Å². The monoisotopic (exact) mass is 332 g/mol. The smallest absolute Gasteiger partial charge is 0.227 e. The molecule has 0 bridgehead atoms. The Labute approximate surface area is 143 Å². The van der Waals surface area contributed by atoms with Gasteiger partial charge in [-0.05, 0) is 31.2 Å². The number of hydrogen-bond acceptors (Lipinski definition) is 3. The Morgan fingerprint density at radius 2 is 2.12 bits per heavy atom. The SMILES string of the molecule is CN(CCCc1cnn(C)c1)C(=O)C1CC(=O)N(C2CCCC2)C1. The molecule has 0 N–H and O–H groups in total. The minimum Gasteiger partial charge on any atom is -0.345 e. The van der Waals surface area contributed by atoms with Gasteiger partial charge in [0, 0.05) is 45.8 Å². The number of aromatic nitrogens is 2. The van der Waals surface area contributed by atoms with Gasteiger partial charge in [-0.15, -0.1) is 0 Å². The third kappa shape index (κ3) is 3.79. The molecule has 132 valence electrons. The van der Waals surface area contributed by atoms with Gasteiger partial charge in [-0.2, -0.15) is 5.10 Å². The van der Waals surface area contributed by atoms with Crippen molar-refractivity contribution in [1.82, 2.24) is 19.6 Å². The molecule has 1 aromatic rings. The second kappa shape index (κ2) is 7.36. The Hall–Kier alpha value is -1.85. The molecule has 2 heterocycles. The van der Waals surface area contributed by atoms with E-state index < -0.39 is 0 Å². The zero-order valence-electron chi connectivity index (χ0n) is 14.8. The van der Waals surface area contributed by atoms with E-state index in [1.165, 1.54) is 18.4 Å². The van der Waals surface area contributed by atoms with Crippen LogP contribution in [-0.4, -0.2) is 57.6 Å². The fourth-order valence-electron chi connectivity index (χ4n) is 4.01. The minimum atomic E-state index is -0.151. The van der Waals surface area contributed by atoms with E-state index in [1.807, 2.05) is 31.4 Å². The van der Waals surface area contributed by atoms with E-state index in [4.69, 9.17) is 0 Å². The van der Waals surface area contributed by atoms with E-state index in [1.54, 1.807) is 9.58 Å². The predicted octanol–water partition coefficient (Wildman–Crippen LogP) is 1.60. The maximum absolute atomic E-state index is 12.6. The lowest BCUT2D eigenvalue weighted by atomic mass is 10.1. The van der Waals surface area contributed by atoms with E-state index in [0.29, 0.717) is 19.0 Å². The second-order valence-corrected chi connectivity index (χ2v) is 7.27. The summed E-state index contributed by atoms with van der Waals surface area (Å²) in [7, 11) is 3.76. The van der Waals surface area contributed by atoms with Crippen LogP contribution in [0, 0.1) is 5.92 Å². The van der Waals surface area contributed by atoms with Gasteiger partial charge in [0.2, 0.25) is 11.8 Å². The first kappa shape index (κ1) is 17.0. The van der Waals surface area contributed by atoms with E-state index in [0.717, 1.165) is 32.2 Å². The Morgan fingerprint density at radius 1 is 1.38 bits per heavy atom. The fraction of sp³-hybridized carbons (Fsp3) is 0.722. The van der Waals surface area contributed by atoms with Crippen LogP contribution >= 0.6 is 0 Å². The number of carbonyl (C=O) groups is 2. The maximum Gasteiger partial charge on any atom is 0.227 e. The minimum absolute atomic E-state index is 0.120. The van der Waals surface area contributed by atoms with Crippen LogP contribution in [0.2, 0.25) is 0 Å². The molecule has 6 nitrogen and oxygen atoms in total. The van der Waals surface area contributed by atoms with Crippen molar-refractivity contribution in [3.63, 3.8) is 0 Å². The summed E-state index contributed by atoms with van der Waals surface area (Å²) in [5.41, 5.74) is 1.20. The van der Waals surface area contributed by atoms with Crippen LogP contribution in [0.25, 0.3) is 0 Å². The van der Waals surface area contributed by atoms with Crippen LogP contribution in [0.5, 0.6) is 0 Å². The van der Waals surface area contributed by atoms with Crippen molar-refractivity contribution in [3.8, 4) is 0 Å². The summed E-state index contributed by atoms with van der Waals surface area (Å²) in [6, 6.07) is 0.381. The van der Waals surface area contributed by atoms with Gasteiger partial charge in [0.05, 0.1) is 12.1 Å². The van der Waals surface area contributed by atoms with Gasteiger partial charge < -0.3 is 9.80 Å². The van der Waals surface area contributed by atoms with Crippen LogP contribution in [0.1, 0.15) is 44.1 Å². The van der Waals surface area contributed by atoms with Gasteiger partial charge in [-0.1, -0.05) is 12.8 Å². The van der Waals surface area contributed by atoms with Crippen LogP contribution in [0.4, 0.5) is 0 Å². The number of carbonyl (C=O) groups excluding carboxylic acids is 2. The number of likely N-dealkylation sites (tertiary alicyclic amines) is 1. The van der Waals surface area contributed by atoms with E-state index in [9.17, 15) is 9.59 Å². The number of aryl methyl sites for hydroxylation is 2. The van der Waals surface area contributed by atoms with Crippen molar-refractivity contribution < 1.29 is 9.59 Å². The van der Waals surface area contributed by atoms with Crippen molar-refractivity contribution in [3.05, 3.63) is 18.0 Å². The van der Waals surface area contributed by atoms with Gasteiger partial charge in [0.1, 0.15) is 0 Å². The van der Waals surface area contributed by atoms with Crippen LogP contribution < -0.4 is 0 Å². The van der Waals surface area contributed by atoms with Gasteiger partial charge in [-0.3, -0.25) is 14.3 Å². The zero-order chi connectivity index (χ0) is 17.1. The van der Waals surface area contributed by atoms with Gasteiger partial charge in [0.25, 0.3) is 0 Å². The van der Waals surface area contributed by atoms with Crippen LogP contribution in [0.15, 0.2) is 12.4 Å². The zero-order valence-corrected chi connectivity index (χ0v) is 14.8. The molecule has 2 fully saturated rings. The summed E-state index contributed by atoms with van der Waals surface area (Å²) in [6.07, 6.45) is 10.7. The lowest BCUT2D eigenvalue weighted by Gasteiger charge is -2.25. The van der Waals surface area contributed by atoms with Gasteiger partial charge in [0.15, 0.2) is 0 Å². The highest BCUT2D eigenvalue weighted by Gasteiger charge is 2.39. The lowest BCUT2D eigenvalue weighted by Crippen LogP contribution is -2.38. The normalized spacial score (nSPS) is 21.7. The number of nitrogens with zero attached hydrogens (tertiary/aromatic N) is 4. The molecule has 3 rings (SSSR count). The third-order valence-corrected chi connectivity index (χ3v) is 5.37. The van der Waals surface area contributed by atoms with Crippen molar-refractivity contribution in [2.45, 2.75) is 51.0 Å². The van der Waals surface area contributed by atoms with Gasteiger partial charge in [-0.25, -0.2) is 0 Å². The Kier molecular flexibility index (Phi) is 5.21. The fourth-order valence-corrected chi connectivity index (χ4v) is 4.01. The van der Waals surface area contributed by atoms with Crippen molar-refractivity contribution in [1.29, 1.82) is 0 Å². The average Bonchev–Trinajstić information content (AvgIpc) is 3.27. The summed E-state index contributed by atoms with van der Waals surface area (Å²) >= 11 is 0. The average molecular weight is 332 g/mol. The third-order valence-electron chi connectivity index (χ3n) is 5.37. The molecule has 1 atom stereocenters. The van der Waals surface area contributed by atoms with Crippen molar-refractivity contribution in [2.24, 2.45) is 13.0 Å². The molecule has 1 aliphatic heterocycles. The molecular weight excluding hydrogens is 304 g/mol. The van der Waals surface area contributed by atoms with Crippen LogP contribution in [0.3, 0.4) is 0 Å². The van der Waals surface area contributed by atoms with E-state index in [2.05, 4.69) is 5.10 Å². The van der Waals surface area contributed by atoms with E-state index >= 15 is 0 Å². The molecule has 0 spiro atoms. The summed E-state index contributed by atoms with van der Waals surface area (Å²) in [6.45, 7) is 1.34. The Bertz CT molecular complexity index is 592. The second-order valence-electron chi connectivity index (χ2n) is 7.27. The molecule has 1 aliphatic carbocycles. The molecule has 1 saturated carbocycles. The molecule has 2 amide bonds. The lowest BCUT2D eigenvalue weighted by molar-refractivity contribution is -0.134. The largest absolute Gasteiger partial charge is 0.345 e. The van der Waals surface area contributed by atoms with E-state index in [-0.39, 0.29) is 17.7 Å². The Balaban J connectivity index is 1.46. The summed E-state index contributed by atoms with van der Waals surface area (Å²) in [4.78, 5) is 28.6. The molecule has 24 heavy (non-hydrogen) atoms. The Morgan fingerprint density at radius 3 is 2.79 bits per heavy atom. The standard InChI is InChI=1S/C18H28N4O2/c1-20(9-5-6-14-11-19-21(2)12-14)18(24)15-10-17(23)22(13-15)16-7-3-4-8-16/h11-12,15-16H,3-10,13H2,1-2H3.